The van der Waals surface area contributed by atoms with Gasteiger partial charge in [-0.05, 0) is 30.7 Å². The van der Waals surface area contributed by atoms with Crippen LogP contribution in [0.15, 0.2) is 60.7 Å². The van der Waals surface area contributed by atoms with Crippen molar-refractivity contribution in [2.45, 2.75) is 6.42 Å². The Morgan fingerprint density at radius 1 is 0.913 bits per heavy atom. The van der Waals surface area contributed by atoms with Gasteiger partial charge in [-0.3, -0.25) is 9.69 Å². The van der Waals surface area contributed by atoms with Crippen molar-refractivity contribution in [1.82, 2.24) is 4.90 Å². The van der Waals surface area contributed by atoms with Crippen molar-refractivity contribution in [3.63, 3.8) is 0 Å². The van der Waals surface area contributed by atoms with Crippen molar-refractivity contribution >= 4 is 17.7 Å². The third kappa shape index (κ3) is 3.69. The fourth-order valence-corrected chi connectivity index (χ4v) is 2.56. The largest absolute Gasteiger partial charge is 0.415 e. The van der Waals surface area contributed by atoms with Gasteiger partial charge in [0, 0.05) is 18.8 Å². The molecule has 2 aromatic carbocycles. The number of anilines is 1. The zero-order valence-corrected chi connectivity index (χ0v) is 12.7. The van der Waals surface area contributed by atoms with Gasteiger partial charge >= 0.3 is 6.09 Å². The van der Waals surface area contributed by atoms with E-state index in [-0.39, 0.29) is 12.5 Å². The highest BCUT2D eigenvalue weighted by atomic mass is 16.6. The van der Waals surface area contributed by atoms with E-state index in [1.54, 1.807) is 29.2 Å². The summed E-state index contributed by atoms with van der Waals surface area (Å²) in [5.74, 6) is 0.382. The van der Waals surface area contributed by atoms with E-state index in [9.17, 15) is 9.59 Å². The smallest absolute Gasteiger partial charge is 0.410 e. The number of hydrogen-bond acceptors (Lipinski definition) is 3. The fourth-order valence-electron chi connectivity index (χ4n) is 2.56. The van der Waals surface area contributed by atoms with Crippen LogP contribution in [0.1, 0.15) is 6.42 Å². The summed E-state index contributed by atoms with van der Waals surface area (Å²) >= 11 is 0. The van der Waals surface area contributed by atoms with Crippen LogP contribution in [0.25, 0.3) is 0 Å². The Kier molecular flexibility index (Phi) is 4.57. The maximum Gasteiger partial charge on any atom is 0.415 e. The average Bonchev–Trinajstić information content (AvgIpc) is 2.78. The molecule has 0 unspecified atom stereocenters. The summed E-state index contributed by atoms with van der Waals surface area (Å²) in [5.41, 5.74) is 0.857. The summed E-state index contributed by atoms with van der Waals surface area (Å²) in [5, 5.41) is 0. The zero-order valence-electron chi connectivity index (χ0n) is 12.7. The van der Waals surface area contributed by atoms with E-state index in [1.165, 1.54) is 4.90 Å². The van der Waals surface area contributed by atoms with Crippen molar-refractivity contribution in [2.24, 2.45) is 0 Å². The second-order valence-electron chi connectivity index (χ2n) is 5.34. The monoisotopic (exact) mass is 310 g/mol. The van der Waals surface area contributed by atoms with E-state index in [4.69, 9.17) is 4.74 Å². The number of carbonyl (C=O) groups is 2. The molecule has 5 nitrogen and oxygen atoms in total. The Balaban J connectivity index is 1.67. The van der Waals surface area contributed by atoms with E-state index in [2.05, 4.69) is 0 Å². The topological polar surface area (TPSA) is 49.9 Å². The number of rotatable bonds is 2. The standard InChI is InChI=1S/C18H18N2O3/c21-17-14-19(18(22)23-16-10-5-2-6-11-16)12-7-13-20(17)15-8-3-1-4-9-15/h1-6,8-11H,7,12-14H2. The van der Waals surface area contributed by atoms with Crippen molar-refractivity contribution in [3.8, 4) is 5.75 Å². The Morgan fingerprint density at radius 3 is 2.26 bits per heavy atom. The van der Waals surface area contributed by atoms with E-state index in [0.29, 0.717) is 25.3 Å². The molecule has 2 amide bonds. The van der Waals surface area contributed by atoms with Crippen molar-refractivity contribution in [3.05, 3.63) is 60.7 Å². The summed E-state index contributed by atoms with van der Waals surface area (Å²) in [6.45, 7) is 1.12. The number of amides is 2. The van der Waals surface area contributed by atoms with Crippen LogP contribution in [0.2, 0.25) is 0 Å². The lowest BCUT2D eigenvalue weighted by atomic mass is 10.2. The summed E-state index contributed by atoms with van der Waals surface area (Å²) in [7, 11) is 0. The minimum Gasteiger partial charge on any atom is -0.410 e. The Bertz CT molecular complexity index is 673. The van der Waals surface area contributed by atoms with Crippen LogP contribution in [0.4, 0.5) is 10.5 Å². The predicted molar refractivity (Wildman–Crippen MR) is 87.5 cm³/mol. The summed E-state index contributed by atoms with van der Waals surface area (Å²) in [6.07, 6.45) is 0.226. The molecule has 5 heteroatoms. The highest BCUT2D eigenvalue weighted by molar-refractivity contribution is 5.96. The van der Waals surface area contributed by atoms with Gasteiger partial charge < -0.3 is 9.64 Å². The Hall–Kier alpha value is -2.82. The minimum absolute atomic E-state index is 0.0283. The number of ether oxygens (including phenoxy) is 1. The first-order chi connectivity index (χ1) is 11.2. The van der Waals surface area contributed by atoms with Crippen LogP contribution in [0.5, 0.6) is 5.75 Å². The molecule has 3 rings (SSSR count). The molecule has 0 radical (unpaired) electrons. The van der Waals surface area contributed by atoms with Gasteiger partial charge in [0.25, 0.3) is 0 Å². The van der Waals surface area contributed by atoms with Crippen molar-refractivity contribution in [1.29, 1.82) is 0 Å². The molecule has 0 aromatic heterocycles. The van der Waals surface area contributed by atoms with Gasteiger partial charge in [-0.1, -0.05) is 36.4 Å². The van der Waals surface area contributed by atoms with Gasteiger partial charge in [0.15, 0.2) is 0 Å². The maximum atomic E-state index is 12.5. The number of para-hydroxylation sites is 2. The van der Waals surface area contributed by atoms with E-state index < -0.39 is 6.09 Å². The minimum atomic E-state index is -0.487. The number of benzene rings is 2. The third-order valence-electron chi connectivity index (χ3n) is 3.71. The lowest BCUT2D eigenvalue weighted by molar-refractivity contribution is -0.118. The molecule has 0 saturated carbocycles. The molecular weight excluding hydrogens is 292 g/mol. The molecule has 0 N–H and O–H groups in total. The molecule has 0 bridgehead atoms. The summed E-state index contributed by atoms with van der Waals surface area (Å²) in [4.78, 5) is 27.9. The molecule has 1 saturated heterocycles. The molecule has 1 aliphatic heterocycles. The second kappa shape index (κ2) is 6.96. The Morgan fingerprint density at radius 2 is 1.57 bits per heavy atom. The van der Waals surface area contributed by atoms with Crippen LogP contribution in [0, 0.1) is 0 Å². The number of carbonyl (C=O) groups excluding carboxylic acids is 2. The van der Waals surface area contributed by atoms with E-state index in [1.807, 2.05) is 36.4 Å². The van der Waals surface area contributed by atoms with Crippen molar-refractivity contribution < 1.29 is 14.3 Å². The molecule has 0 atom stereocenters. The van der Waals surface area contributed by atoms with Crippen LogP contribution >= 0.6 is 0 Å². The molecule has 0 spiro atoms. The first kappa shape index (κ1) is 15.1. The molecule has 1 fully saturated rings. The molecule has 1 heterocycles. The van der Waals surface area contributed by atoms with Gasteiger partial charge in [-0.25, -0.2) is 4.79 Å². The van der Waals surface area contributed by atoms with Crippen LogP contribution in [0.3, 0.4) is 0 Å². The fraction of sp³-hybridized carbons (Fsp3) is 0.222. The molecule has 23 heavy (non-hydrogen) atoms. The quantitative estimate of drug-likeness (QED) is 0.857. The first-order valence-corrected chi connectivity index (χ1v) is 7.61. The van der Waals surface area contributed by atoms with E-state index >= 15 is 0 Å². The molecule has 2 aromatic rings. The Labute approximate surface area is 135 Å². The molecule has 1 aliphatic rings. The van der Waals surface area contributed by atoms with Crippen LogP contribution in [-0.4, -0.2) is 36.5 Å². The van der Waals surface area contributed by atoms with Gasteiger partial charge in [-0.15, -0.1) is 0 Å². The lowest BCUT2D eigenvalue weighted by Gasteiger charge is -2.21. The lowest BCUT2D eigenvalue weighted by Crippen LogP contribution is -2.40. The maximum absolute atomic E-state index is 12.5. The van der Waals surface area contributed by atoms with Crippen LogP contribution < -0.4 is 9.64 Å². The zero-order chi connectivity index (χ0) is 16.1. The SMILES string of the molecule is O=C(Oc1ccccc1)N1CCCN(c2ccccc2)C(=O)C1. The summed E-state index contributed by atoms with van der Waals surface area (Å²) in [6, 6.07) is 18.4. The highest BCUT2D eigenvalue weighted by Gasteiger charge is 2.26. The van der Waals surface area contributed by atoms with Gasteiger partial charge in [0.05, 0.1) is 0 Å². The normalized spacial score (nSPS) is 15.2. The summed E-state index contributed by atoms with van der Waals surface area (Å²) < 4.78 is 5.31. The second-order valence-corrected chi connectivity index (χ2v) is 5.34. The number of hydrogen-bond donors (Lipinski definition) is 0. The highest BCUT2D eigenvalue weighted by Crippen LogP contribution is 2.18. The number of nitrogens with zero attached hydrogens (tertiary/aromatic N) is 2. The van der Waals surface area contributed by atoms with Gasteiger partial charge in [0.1, 0.15) is 12.3 Å². The first-order valence-electron chi connectivity index (χ1n) is 7.61. The average molecular weight is 310 g/mol. The van der Waals surface area contributed by atoms with Crippen molar-refractivity contribution in [2.75, 3.05) is 24.5 Å². The predicted octanol–water partition coefficient (Wildman–Crippen LogP) is 2.92. The van der Waals surface area contributed by atoms with E-state index in [0.717, 1.165) is 5.69 Å². The molecular formula is C18H18N2O3. The third-order valence-corrected chi connectivity index (χ3v) is 3.71. The molecule has 0 aliphatic carbocycles. The van der Waals surface area contributed by atoms with Gasteiger partial charge in [0.2, 0.25) is 5.91 Å². The van der Waals surface area contributed by atoms with Crippen LogP contribution in [-0.2, 0) is 4.79 Å². The molecule has 118 valence electrons. The van der Waals surface area contributed by atoms with Gasteiger partial charge in [-0.2, -0.15) is 0 Å².